The number of ether oxygens (including phenoxy) is 1. The number of fused-ring (bicyclic) bond motifs is 2. The van der Waals surface area contributed by atoms with Crippen LogP contribution in [-0.4, -0.2) is 84.6 Å². The SMILES string of the molecule is C=CC(=O)N1CCN(c2nc(OC[C@H]3C[C@H](N(C)C)C3)nc3c2CCN(c2cccc4cccc(C)c24)C3)C[C@@H]1CC#N. The first-order valence-electron chi connectivity index (χ1n) is 15.3. The van der Waals surface area contributed by atoms with Crippen LogP contribution in [0.5, 0.6) is 6.01 Å². The van der Waals surface area contributed by atoms with E-state index in [1.165, 1.54) is 28.1 Å². The summed E-state index contributed by atoms with van der Waals surface area (Å²) in [5, 5.41) is 12.1. The van der Waals surface area contributed by atoms with Crippen LogP contribution in [0.25, 0.3) is 10.8 Å². The van der Waals surface area contributed by atoms with Crippen LogP contribution in [0.3, 0.4) is 0 Å². The maximum Gasteiger partial charge on any atom is 0.318 e. The molecule has 1 aliphatic carbocycles. The Labute approximate surface area is 254 Å². The maximum absolute atomic E-state index is 12.5. The second kappa shape index (κ2) is 12.2. The highest BCUT2D eigenvalue weighted by atomic mass is 16.5. The number of carbonyl (C=O) groups is 1. The minimum Gasteiger partial charge on any atom is -0.463 e. The quantitative estimate of drug-likeness (QED) is 0.365. The highest BCUT2D eigenvalue weighted by Gasteiger charge is 2.34. The summed E-state index contributed by atoms with van der Waals surface area (Å²) in [4.78, 5) is 31.2. The molecule has 0 N–H and O–H groups in total. The monoisotopic (exact) mass is 579 g/mol. The summed E-state index contributed by atoms with van der Waals surface area (Å²) in [5.41, 5.74) is 4.60. The Bertz CT molecular complexity index is 1550. The van der Waals surface area contributed by atoms with Gasteiger partial charge in [0.25, 0.3) is 0 Å². The molecule has 0 spiro atoms. The fourth-order valence-electron chi connectivity index (χ4n) is 6.88. The third-order valence-corrected chi connectivity index (χ3v) is 9.41. The molecule has 0 bridgehead atoms. The van der Waals surface area contributed by atoms with Gasteiger partial charge < -0.3 is 24.3 Å². The van der Waals surface area contributed by atoms with E-state index in [1.807, 2.05) is 0 Å². The Kier molecular flexibility index (Phi) is 8.22. The molecule has 1 atom stereocenters. The first-order valence-corrected chi connectivity index (χ1v) is 15.3. The van der Waals surface area contributed by atoms with Crippen molar-refractivity contribution in [3.8, 4) is 12.1 Å². The lowest BCUT2D eigenvalue weighted by molar-refractivity contribution is -0.128. The number of hydrogen-bond acceptors (Lipinski definition) is 8. The number of hydrogen-bond donors (Lipinski definition) is 0. The van der Waals surface area contributed by atoms with Crippen LogP contribution in [0, 0.1) is 24.2 Å². The predicted octanol–water partition coefficient (Wildman–Crippen LogP) is 4.34. The van der Waals surface area contributed by atoms with Crippen molar-refractivity contribution in [3.05, 3.63) is 65.9 Å². The highest BCUT2D eigenvalue weighted by molar-refractivity contribution is 5.97. The molecule has 3 aliphatic rings. The zero-order valence-electron chi connectivity index (χ0n) is 25.5. The van der Waals surface area contributed by atoms with E-state index in [2.05, 4.69) is 84.8 Å². The maximum atomic E-state index is 12.5. The predicted molar refractivity (Wildman–Crippen MR) is 169 cm³/mol. The van der Waals surface area contributed by atoms with Crippen molar-refractivity contribution in [1.29, 1.82) is 5.26 Å². The number of aryl methyl sites for hydroxylation is 1. The van der Waals surface area contributed by atoms with Crippen molar-refractivity contribution in [1.82, 2.24) is 19.8 Å². The molecule has 1 saturated carbocycles. The van der Waals surface area contributed by atoms with Gasteiger partial charge in [0.2, 0.25) is 5.91 Å². The summed E-state index contributed by atoms with van der Waals surface area (Å²) in [6, 6.07) is 16.0. The van der Waals surface area contributed by atoms with E-state index in [0.29, 0.717) is 50.8 Å². The number of benzene rings is 2. The van der Waals surface area contributed by atoms with E-state index in [-0.39, 0.29) is 18.4 Å². The summed E-state index contributed by atoms with van der Waals surface area (Å²) in [6.07, 6.45) is 4.64. The molecule has 2 fully saturated rings. The Morgan fingerprint density at radius 1 is 1.14 bits per heavy atom. The molecule has 0 unspecified atom stereocenters. The number of aromatic nitrogens is 2. The summed E-state index contributed by atoms with van der Waals surface area (Å²) < 4.78 is 6.30. The lowest BCUT2D eigenvalue weighted by atomic mass is 9.80. The van der Waals surface area contributed by atoms with Crippen molar-refractivity contribution in [2.45, 2.75) is 51.2 Å². The molecule has 2 aliphatic heterocycles. The van der Waals surface area contributed by atoms with Gasteiger partial charge in [0.15, 0.2) is 0 Å². The number of amides is 1. The van der Waals surface area contributed by atoms with Crippen LogP contribution < -0.4 is 14.5 Å². The van der Waals surface area contributed by atoms with E-state index in [0.717, 1.165) is 42.9 Å². The Morgan fingerprint density at radius 3 is 2.67 bits per heavy atom. The number of anilines is 2. The molecule has 1 saturated heterocycles. The fourth-order valence-corrected chi connectivity index (χ4v) is 6.88. The van der Waals surface area contributed by atoms with Crippen LogP contribution in [0.2, 0.25) is 0 Å². The van der Waals surface area contributed by atoms with Crippen LogP contribution in [0.4, 0.5) is 11.5 Å². The summed E-state index contributed by atoms with van der Waals surface area (Å²) in [7, 11) is 4.26. The molecule has 43 heavy (non-hydrogen) atoms. The van der Waals surface area contributed by atoms with Crippen LogP contribution in [0.15, 0.2) is 49.1 Å². The Morgan fingerprint density at radius 2 is 1.93 bits per heavy atom. The normalized spacial score (nSPS) is 21.7. The van der Waals surface area contributed by atoms with Crippen molar-refractivity contribution in [2.24, 2.45) is 5.92 Å². The van der Waals surface area contributed by atoms with Gasteiger partial charge in [-0.25, -0.2) is 0 Å². The molecule has 1 aromatic heterocycles. The van der Waals surface area contributed by atoms with Crippen molar-refractivity contribution >= 4 is 28.2 Å². The summed E-state index contributed by atoms with van der Waals surface area (Å²) in [6.45, 7) is 9.63. The van der Waals surface area contributed by atoms with Gasteiger partial charge in [-0.3, -0.25) is 4.79 Å². The second-order valence-corrected chi connectivity index (χ2v) is 12.3. The van der Waals surface area contributed by atoms with Crippen LogP contribution in [0.1, 0.15) is 36.1 Å². The molecule has 2 aromatic carbocycles. The fraction of sp³-hybridized carbons (Fsp3) is 0.471. The van der Waals surface area contributed by atoms with Gasteiger partial charge in [0, 0.05) is 48.9 Å². The third-order valence-electron chi connectivity index (χ3n) is 9.41. The molecular weight excluding hydrogens is 538 g/mol. The number of piperazine rings is 1. The van der Waals surface area contributed by atoms with Gasteiger partial charge in [-0.15, -0.1) is 0 Å². The van der Waals surface area contributed by atoms with Gasteiger partial charge in [-0.2, -0.15) is 15.2 Å². The van der Waals surface area contributed by atoms with Crippen molar-refractivity contribution in [2.75, 3.05) is 56.7 Å². The zero-order chi connectivity index (χ0) is 30.1. The van der Waals surface area contributed by atoms with E-state index < -0.39 is 0 Å². The highest BCUT2D eigenvalue weighted by Crippen LogP contribution is 2.36. The third kappa shape index (κ3) is 5.76. The Hall–Kier alpha value is -4.16. The second-order valence-electron chi connectivity index (χ2n) is 12.3. The minimum atomic E-state index is -0.226. The van der Waals surface area contributed by atoms with Gasteiger partial charge in [-0.1, -0.05) is 36.9 Å². The molecule has 9 heteroatoms. The topological polar surface area (TPSA) is 88.8 Å². The van der Waals surface area contributed by atoms with E-state index in [4.69, 9.17) is 14.7 Å². The molecular formula is C34H41N7O2. The average molecular weight is 580 g/mol. The largest absolute Gasteiger partial charge is 0.463 e. The summed E-state index contributed by atoms with van der Waals surface area (Å²) in [5.74, 6) is 1.24. The molecule has 224 valence electrons. The van der Waals surface area contributed by atoms with Crippen LogP contribution in [-0.2, 0) is 17.8 Å². The van der Waals surface area contributed by atoms with Gasteiger partial charge in [0.1, 0.15) is 5.82 Å². The van der Waals surface area contributed by atoms with Crippen molar-refractivity contribution in [3.63, 3.8) is 0 Å². The minimum absolute atomic E-state index is 0.133. The molecule has 6 rings (SSSR count). The molecule has 0 radical (unpaired) electrons. The number of nitriles is 1. The Balaban J connectivity index is 1.31. The van der Waals surface area contributed by atoms with E-state index in [1.54, 1.807) is 4.90 Å². The number of nitrogens with zero attached hydrogens (tertiary/aromatic N) is 7. The molecule has 1 amide bonds. The van der Waals surface area contributed by atoms with Gasteiger partial charge in [0.05, 0.1) is 37.4 Å². The van der Waals surface area contributed by atoms with E-state index >= 15 is 0 Å². The lowest BCUT2D eigenvalue weighted by Crippen LogP contribution is -2.55. The summed E-state index contributed by atoms with van der Waals surface area (Å²) >= 11 is 0. The zero-order valence-corrected chi connectivity index (χ0v) is 25.5. The standard InChI is InChI=1S/C34H41N7O2/c1-5-31(42)41-17-16-40(20-26(41)12-14-35)33-28-13-15-39(30-11-7-10-25-9-6-8-23(2)32(25)30)21-29(28)36-34(37-33)43-22-24-18-27(19-24)38(3)4/h5-11,24,26-27H,1,12-13,15-22H2,2-4H3/t24-,26-,27-/m0/s1. The van der Waals surface area contributed by atoms with Crippen molar-refractivity contribution < 1.29 is 9.53 Å². The average Bonchev–Trinajstić information content (AvgIpc) is 2.99. The van der Waals surface area contributed by atoms with Gasteiger partial charge in [-0.05, 0) is 69.3 Å². The first-order chi connectivity index (χ1) is 20.9. The first kappa shape index (κ1) is 28.9. The van der Waals surface area contributed by atoms with Crippen LogP contribution >= 0.6 is 0 Å². The number of rotatable bonds is 8. The molecule has 3 aromatic rings. The molecule has 9 nitrogen and oxygen atoms in total. The van der Waals surface area contributed by atoms with Gasteiger partial charge >= 0.3 is 6.01 Å². The molecule has 3 heterocycles. The van der Waals surface area contributed by atoms with E-state index in [9.17, 15) is 10.1 Å². The smallest absolute Gasteiger partial charge is 0.318 e. The number of carbonyl (C=O) groups excluding carboxylic acids is 1. The lowest BCUT2D eigenvalue weighted by Gasteiger charge is -2.42.